The van der Waals surface area contributed by atoms with E-state index in [4.69, 9.17) is 0 Å². The third-order valence-corrected chi connectivity index (χ3v) is 4.57. The van der Waals surface area contributed by atoms with Crippen molar-refractivity contribution >= 4 is 13.0 Å². The third-order valence-electron chi connectivity index (χ3n) is 4.57. The van der Waals surface area contributed by atoms with E-state index < -0.39 is 13.1 Å². The van der Waals surface area contributed by atoms with E-state index in [0.717, 1.165) is 19.3 Å². The van der Waals surface area contributed by atoms with Crippen molar-refractivity contribution in [3.8, 4) is 0 Å². The van der Waals surface area contributed by atoms with Gasteiger partial charge in [-0.2, -0.15) is 0 Å². The Morgan fingerprint density at radius 1 is 1.19 bits per heavy atom. The zero-order valence-electron chi connectivity index (χ0n) is 12.0. The number of carbonyl (C=O) groups excluding carboxylic acids is 1. The molecule has 3 rings (SSSR count). The second-order valence-electron chi connectivity index (χ2n) is 5.91. The van der Waals surface area contributed by atoms with Gasteiger partial charge in [0.05, 0.1) is 12.0 Å². The van der Waals surface area contributed by atoms with E-state index in [9.17, 15) is 14.8 Å². The molecule has 3 unspecified atom stereocenters. The molecule has 2 aliphatic rings. The highest BCUT2D eigenvalue weighted by Gasteiger charge is 2.41. The quantitative estimate of drug-likeness (QED) is 0.708. The summed E-state index contributed by atoms with van der Waals surface area (Å²) in [6, 6.07) is 10.1. The number of carbonyl (C=O) groups is 1. The van der Waals surface area contributed by atoms with Gasteiger partial charge in [0.2, 0.25) is 5.91 Å². The molecular weight excluding hydrogens is 267 g/mol. The average molecular weight is 288 g/mol. The maximum atomic E-state index is 12.6. The smallest absolute Gasteiger partial charge is 0.426 e. The molecule has 6 heteroatoms. The van der Waals surface area contributed by atoms with Crippen LogP contribution in [0.1, 0.15) is 37.3 Å². The second kappa shape index (κ2) is 6.18. The van der Waals surface area contributed by atoms with Crippen molar-refractivity contribution < 1.29 is 14.8 Å². The molecule has 3 N–H and O–H groups in total. The lowest BCUT2D eigenvalue weighted by atomic mass is 9.77. The van der Waals surface area contributed by atoms with Gasteiger partial charge < -0.3 is 14.9 Å². The summed E-state index contributed by atoms with van der Waals surface area (Å²) >= 11 is 0. The van der Waals surface area contributed by atoms with E-state index in [1.54, 1.807) is 4.90 Å². The summed E-state index contributed by atoms with van der Waals surface area (Å²) in [6.45, 7) is 0.620. The van der Waals surface area contributed by atoms with Crippen LogP contribution in [0, 0.1) is 0 Å². The van der Waals surface area contributed by atoms with Gasteiger partial charge in [-0.25, -0.2) is 0 Å². The fourth-order valence-corrected chi connectivity index (χ4v) is 3.46. The first kappa shape index (κ1) is 14.6. The Balaban J connectivity index is 1.65. The number of likely N-dealkylation sites (tertiary alicyclic amines) is 1. The molecule has 1 amide bonds. The van der Waals surface area contributed by atoms with Crippen LogP contribution < -0.4 is 5.32 Å². The highest BCUT2D eigenvalue weighted by molar-refractivity contribution is 6.43. The van der Waals surface area contributed by atoms with E-state index in [-0.39, 0.29) is 18.0 Å². The van der Waals surface area contributed by atoms with Gasteiger partial charge >= 0.3 is 7.12 Å². The molecule has 0 aromatic heterocycles. The van der Waals surface area contributed by atoms with Crippen molar-refractivity contribution in [2.75, 3.05) is 6.54 Å². The molecule has 1 aromatic rings. The number of benzene rings is 1. The summed E-state index contributed by atoms with van der Waals surface area (Å²) in [5.74, 6) is -0.445. The van der Waals surface area contributed by atoms with E-state index in [1.807, 2.05) is 18.2 Å². The normalized spacial score (nSPS) is 28.9. The Morgan fingerprint density at radius 3 is 2.67 bits per heavy atom. The molecule has 21 heavy (non-hydrogen) atoms. The minimum absolute atomic E-state index is 0.00373. The number of rotatable bonds is 3. The molecule has 0 bridgehead atoms. The minimum Gasteiger partial charge on any atom is -0.426 e. The van der Waals surface area contributed by atoms with Crippen LogP contribution >= 0.6 is 0 Å². The molecule has 2 aliphatic heterocycles. The van der Waals surface area contributed by atoms with Crippen molar-refractivity contribution in [1.82, 2.24) is 10.2 Å². The largest absolute Gasteiger partial charge is 0.475 e. The Morgan fingerprint density at radius 2 is 1.95 bits per heavy atom. The van der Waals surface area contributed by atoms with Gasteiger partial charge in [-0.3, -0.25) is 10.1 Å². The molecule has 2 heterocycles. The van der Waals surface area contributed by atoms with E-state index in [1.165, 1.54) is 5.56 Å². The van der Waals surface area contributed by atoms with Gasteiger partial charge in [0.25, 0.3) is 0 Å². The SMILES string of the molecule is O=C(C1CCC(c2ccccc2)N1)N1CCCC1B(O)O. The molecule has 112 valence electrons. The van der Waals surface area contributed by atoms with Crippen molar-refractivity contribution in [3.63, 3.8) is 0 Å². The first-order valence-electron chi connectivity index (χ1n) is 7.64. The van der Waals surface area contributed by atoms with Crippen LogP contribution in [0.25, 0.3) is 0 Å². The standard InChI is InChI=1S/C15H21BN2O3/c19-15(18-10-4-7-14(18)16(20)21)13-9-8-12(17-13)11-5-2-1-3-6-11/h1-3,5-6,12-14,17,20-21H,4,7-10H2. The zero-order valence-corrected chi connectivity index (χ0v) is 12.0. The predicted molar refractivity (Wildman–Crippen MR) is 80.3 cm³/mol. The number of amides is 1. The first-order chi connectivity index (χ1) is 10.2. The second-order valence-corrected chi connectivity index (χ2v) is 5.91. The van der Waals surface area contributed by atoms with Crippen LogP contribution in [0.3, 0.4) is 0 Å². The van der Waals surface area contributed by atoms with Crippen LogP contribution in [0.2, 0.25) is 0 Å². The highest BCUT2D eigenvalue weighted by atomic mass is 16.4. The molecule has 0 aliphatic carbocycles. The van der Waals surface area contributed by atoms with Gasteiger partial charge in [0.1, 0.15) is 0 Å². The molecule has 0 spiro atoms. The fraction of sp³-hybridized carbons (Fsp3) is 0.533. The fourth-order valence-electron chi connectivity index (χ4n) is 3.46. The number of nitrogens with zero attached hydrogens (tertiary/aromatic N) is 1. The van der Waals surface area contributed by atoms with Crippen molar-refractivity contribution in [1.29, 1.82) is 0 Å². The molecule has 2 fully saturated rings. The zero-order chi connectivity index (χ0) is 14.8. The third kappa shape index (κ3) is 2.97. The Kier molecular flexibility index (Phi) is 4.28. The van der Waals surface area contributed by atoms with Crippen LogP contribution in [-0.4, -0.2) is 46.5 Å². The van der Waals surface area contributed by atoms with Crippen LogP contribution in [0.4, 0.5) is 0 Å². The summed E-state index contributed by atoms with van der Waals surface area (Å²) in [4.78, 5) is 14.2. The van der Waals surface area contributed by atoms with E-state index in [2.05, 4.69) is 17.4 Å². The number of hydrogen-bond acceptors (Lipinski definition) is 4. The highest BCUT2D eigenvalue weighted by Crippen LogP contribution is 2.29. The van der Waals surface area contributed by atoms with Gasteiger partial charge in [0.15, 0.2) is 0 Å². The van der Waals surface area contributed by atoms with Crippen molar-refractivity contribution in [2.24, 2.45) is 0 Å². The van der Waals surface area contributed by atoms with Crippen molar-refractivity contribution in [3.05, 3.63) is 35.9 Å². The summed E-state index contributed by atoms with van der Waals surface area (Å²) in [5, 5.41) is 22.2. The summed E-state index contributed by atoms with van der Waals surface area (Å²) < 4.78 is 0. The lowest BCUT2D eigenvalue weighted by Crippen LogP contribution is -2.51. The Labute approximate surface area is 125 Å². The minimum atomic E-state index is -1.44. The summed E-state index contributed by atoms with van der Waals surface area (Å²) in [7, 11) is -1.44. The van der Waals surface area contributed by atoms with Gasteiger partial charge in [-0.1, -0.05) is 30.3 Å². The van der Waals surface area contributed by atoms with Crippen LogP contribution in [0.5, 0.6) is 0 Å². The molecule has 2 saturated heterocycles. The van der Waals surface area contributed by atoms with Crippen LogP contribution in [-0.2, 0) is 4.79 Å². The topological polar surface area (TPSA) is 72.8 Å². The lowest BCUT2D eigenvalue weighted by molar-refractivity contribution is -0.133. The molecule has 5 nitrogen and oxygen atoms in total. The molecule has 0 radical (unpaired) electrons. The average Bonchev–Trinajstić information content (AvgIpc) is 3.17. The predicted octanol–water partition coefficient (Wildman–Crippen LogP) is 0.483. The molecule has 0 saturated carbocycles. The molecule has 3 atom stereocenters. The maximum Gasteiger partial charge on any atom is 0.475 e. The van der Waals surface area contributed by atoms with E-state index in [0.29, 0.717) is 13.0 Å². The lowest BCUT2D eigenvalue weighted by Gasteiger charge is -2.27. The van der Waals surface area contributed by atoms with Crippen molar-refractivity contribution in [2.45, 2.75) is 43.7 Å². The van der Waals surface area contributed by atoms with Gasteiger partial charge in [-0.15, -0.1) is 0 Å². The van der Waals surface area contributed by atoms with E-state index >= 15 is 0 Å². The summed E-state index contributed by atoms with van der Waals surface area (Å²) in [6.07, 6.45) is 3.23. The number of hydrogen-bond donors (Lipinski definition) is 3. The Hall–Kier alpha value is -1.37. The Bertz CT molecular complexity index is 497. The first-order valence-corrected chi connectivity index (χ1v) is 7.64. The number of nitrogens with one attached hydrogen (secondary N) is 1. The van der Waals surface area contributed by atoms with Crippen LogP contribution in [0.15, 0.2) is 30.3 Å². The molecular formula is C15H21BN2O3. The maximum absolute atomic E-state index is 12.6. The summed E-state index contributed by atoms with van der Waals surface area (Å²) in [5.41, 5.74) is 1.20. The van der Waals surface area contributed by atoms with Gasteiger partial charge in [0, 0.05) is 12.6 Å². The molecule has 1 aromatic carbocycles. The van der Waals surface area contributed by atoms with Gasteiger partial charge in [-0.05, 0) is 31.2 Å². The monoisotopic (exact) mass is 288 g/mol.